The lowest BCUT2D eigenvalue weighted by molar-refractivity contribution is -0.138. The van der Waals surface area contributed by atoms with Gasteiger partial charge >= 0.3 is 6.18 Å². The summed E-state index contributed by atoms with van der Waals surface area (Å²) in [7, 11) is 0. The molecule has 22 heavy (non-hydrogen) atoms. The molecule has 0 bridgehead atoms. The number of hydrogen-bond donors (Lipinski definition) is 1. The molecule has 1 heterocycles. The first-order valence-corrected chi connectivity index (χ1v) is 7.34. The molecule has 1 unspecified atom stereocenters. The summed E-state index contributed by atoms with van der Waals surface area (Å²) in [5, 5.41) is 0. The molecule has 1 aromatic heterocycles. The number of nitrogens with zero attached hydrogens (tertiary/aromatic N) is 1. The van der Waals surface area contributed by atoms with Gasteiger partial charge in [0.05, 0.1) is 11.3 Å². The van der Waals surface area contributed by atoms with Crippen molar-refractivity contribution in [2.24, 2.45) is 5.73 Å². The Morgan fingerprint density at radius 1 is 1.14 bits per heavy atom. The van der Waals surface area contributed by atoms with Gasteiger partial charge in [0.15, 0.2) is 0 Å². The lowest BCUT2D eigenvalue weighted by Crippen LogP contribution is -2.20. The van der Waals surface area contributed by atoms with Crippen LogP contribution in [0.4, 0.5) is 13.2 Å². The minimum absolute atomic E-state index is 0.110. The number of benzene rings is 1. The molecule has 0 saturated carbocycles. The fourth-order valence-electron chi connectivity index (χ4n) is 2.97. The fraction of sp³-hybridized carbons (Fsp3) is 0.353. The molecule has 0 spiro atoms. The summed E-state index contributed by atoms with van der Waals surface area (Å²) in [4.78, 5) is 4.52. The van der Waals surface area contributed by atoms with Crippen molar-refractivity contribution in [3.8, 4) is 0 Å². The van der Waals surface area contributed by atoms with Crippen molar-refractivity contribution in [3.05, 3.63) is 64.5 Å². The maximum absolute atomic E-state index is 13.0. The van der Waals surface area contributed by atoms with E-state index in [1.807, 2.05) is 12.1 Å². The van der Waals surface area contributed by atoms with E-state index in [2.05, 4.69) is 4.98 Å². The highest BCUT2D eigenvalue weighted by Crippen LogP contribution is 2.33. The van der Waals surface area contributed by atoms with Gasteiger partial charge in [-0.3, -0.25) is 4.98 Å². The molecule has 0 fully saturated rings. The molecule has 1 atom stereocenters. The first-order valence-electron chi connectivity index (χ1n) is 7.34. The predicted octanol–water partition coefficient (Wildman–Crippen LogP) is 4.03. The molecule has 0 saturated heterocycles. The number of nitrogens with two attached hydrogens (primary N) is 1. The molecule has 1 aliphatic rings. The first kappa shape index (κ1) is 15.0. The molecule has 1 aliphatic carbocycles. The van der Waals surface area contributed by atoms with Crippen LogP contribution in [-0.2, 0) is 19.0 Å². The third-order valence-corrected chi connectivity index (χ3v) is 4.08. The molecule has 116 valence electrons. The molecule has 3 rings (SSSR count). The second-order valence-corrected chi connectivity index (χ2v) is 5.68. The molecule has 0 aliphatic heterocycles. The van der Waals surface area contributed by atoms with Crippen molar-refractivity contribution in [3.63, 3.8) is 0 Å². The Morgan fingerprint density at radius 3 is 2.68 bits per heavy atom. The van der Waals surface area contributed by atoms with Crippen LogP contribution in [0.3, 0.4) is 0 Å². The Labute approximate surface area is 127 Å². The van der Waals surface area contributed by atoms with Crippen LogP contribution in [-0.4, -0.2) is 4.98 Å². The van der Waals surface area contributed by atoms with Gasteiger partial charge in [0, 0.05) is 18.2 Å². The molecule has 2 aromatic rings. The smallest absolute Gasteiger partial charge is 0.323 e. The van der Waals surface area contributed by atoms with E-state index in [0.29, 0.717) is 5.69 Å². The van der Waals surface area contributed by atoms with Crippen LogP contribution in [0.1, 0.15) is 47.0 Å². The number of halogens is 3. The van der Waals surface area contributed by atoms with Gasteiger partial charge in [-0.05, 0) is 42.5 Å². The zero-order valence-electron chi connectivity index (χ0n) is 12.0. The van der Waals surface area contributed by atoms with Crippen LogP contribution < -0.4 is 5.73 Å². The highest BCUT2D eigenvalue weighted by atomic mass is 19.4. The molecular formula is C17H17F3N2. The average molecular weight is 306 g/mol. The number of aryl methyl sites for hydroxylation is 1. The maximum atomic E-state index is 13.0. The number of alkyl halides is 3. The van der Waals surface area contributed by atoms with Crippen LogP contribution in [0.5, 0.6) is 0 Å². The van der Waals surface area contributed by atoms with Crippen LogP contribution in [0.25, 0.3) is 0 Å². The van der Waals surface area contributed by atoms with Gasteiger partial charge in [-0.1, -0.05) is 24.3 Å². The summed E-state index contributed by atoms with van der Waals surface area (Å²) >= 11 is 0. The minimum atomic E-state index is -4.35. The molecule has 0 amide bonds. The van der Waals surface area contributed by atoms with E-state index in [1.54, 1.807) is 6.07 Å². The van der Waals surface area contributed by atoms with Crippen molar-refractivity contribution >= 4 is 0 Å². The quantitative estimate of drug-likeness (QED) is 0.910. The number of fused-ring (bicyclic) bond motifs is 1. The van der Waals surface area contributed by atoms with Gasteiger partial charge in [0.2, 0.25) is 0 Å². The SMILES string of the molecule is NC1CCCc2ccc(Cc3ccccc3C(F)(F)F)nc21. The van der Waals surface area contributed by atoms with Crippen molar-refractivity contribution < 1.29 is 13.2 Å². The van der Waals surface area contributed by atoms with Crippen LogP contribution >= 0.6 is 0 Å². The first-order chi connectivity index (χ1) is 10.4. The van der Waals surface area contributed by atoms with E-state index < -0.39 is 11.7 Å². The van der Waals surface area contributed by atoms with Crippen LogP contribution in [0.15, 0.2) is 36.4 Å². The van der Waals surface area contributed by atoms with Crippen molar-refractivity contribution in [1.82, 2.24) is 4.98 Å². The second kappa shape index (κ2) is 5.72. The van der Waals surface area contributed by atoms with E-state index >= 15 is 0 Å². The topological polar surface area (TPSA) is 38.9 Å². The van der Waals surface area contributed by atoms with E-state index in [1.165, 1.54) is 12.1 Å². The minimum Gasteiger partial charge on any atom is -0.323 e. The summed E-state index contributed by atoms with van der Waals surface area (Å²) in [6, 6.07) is 9.29. The maximum Gasteiger partial charge on any atom is 0.416 e. The van der Waals surface area contributed by atoms with Crippen LogP contribution in [0, 0.1) is 0 Å². The Balaban J connectivity index is 1.93. The fourth-order valence-corrected chi connectivity index (χ4v) is 2.97. The Hall–Kier alpha value is -1.88. The van der Waals surface area contributed by atoms with Gasteiger partial charge in [-0.15, -0.1) is 0 Å². The summed E-state index contributed by atoms with van der Waals surface area (Å²) in [6.07, 6.45) is -1.33. The normalized spacial score (nSPS) is 18.1. The van der Waals surface area contributed by atoms with Gasteiger partial charge in [-0.25, -0.2) is 0 Å². The van der Waals surface area contributed by atoms with E-state index in [0.717, 1.165) is 36.6 Å². The monoisotopic (exact) mass is 306 g/mol. The molecule has 2 nitrogen and oxygen atoms in total. The Kier molecular flexibility index (Phi) is 3.91. The largest absolute Gasteiger partial charge is 0.416 e. The summed E-state index contributed by atoms with van der Waals surface area (Å²) in [6.45, 7) is 0. The zero-order chi connectivity index (χ0) is 15.7. The predicted molar refractivity (Wildman–Crippen MR) is 78.4 cm³/mol. The average Bonchev–Trinajstić information content (AvgIpc) is 2.48. The van der Waals surface area contributed by atoms with Gasteiger partial charge in [0.25, 0.3) is 0 Å². The van der Waals surface area contributed by atoms with Gasteiger partial charge in [0.1, 0.15) is 0 Å². The third-order valence-electron chi connectivity index (χ3n) is 4.08. The number of rotatable bonds is 2. The van der Waals surface area contributed by atoms with Gasteiger partial charge in [-0.2, -0.15) is 13.2 Å². The highest BCUT2D eigenvalue weighted by molar-refractivity contribution is 5.35. The van der Waals surface area contributed by atoms with Crippen molar-refractivity contribution in [2.75, 3.05) is 0 Å². The zero-order valence-corrected chi connectivity index (χ0v) is 12.0. The standard InChI is InChI=1S/C17H17F3N2/c18-17(19,20)14-6-2-1-4-12(14)10-13-9-8-11-5-3-7-15(21)16(11)22-13/h1-2,4,6,8-9,15H,3,5,7,10,21H2. The number of aromatic nitrogens is 1. The second-order valence-electron chi connectivity index (χ2n) is 5.68. The van der Waals surface area contributed by atoms with Crippen molar-refractivity contribution in [2.45, 2.75) is 37.9 Å². The highest BCUT2D eigenvalue weighted by Gasteiger charge is 2.33. The molecule has 5 heteroatoms. The van der Waals surface area contributed by atoms with Crippen molar-refractivity contribution in [1.29, 1.82) is 0 Å². The molecule has 2 N–H and O–H groups in total. The summed E-state index contributed by atoms with van der Waals surface area (Å²) < 4.78 is 39.1. The lowest BCUT2D eigenvalue weighted by Gasteiger charge is -2.22. The molecule has 1 aromatic carbocycles. The van der Waals surface area contributed by atoms with E-state index in [4.69, 9.17) is 5.73 Å². The van der Waals surface area contributed by atoms with Crippen LogP contribution in [0.2, 0.25) is 0 Å². The summed E-state index contributed by atoms with van der Waals surface area (Å²) in [5.74, 6) is 0. The Bertz CT molecular complexity index is 680. The number of pyridine rings is 1. The lowest BCUT2D eigenvalue weighted by atomic mass is 9.91. The molecular weight excluding hydrogens is 289 g/mol. The third kappa shape index (κ3) is 2.99. The summed E-state index contributed by atoms with van der Waals surface area (Å²) in [5.41, 5.74) is 8.30. The molecule has 0 radical (unpaired) electrons. The van der Waals surface area contributed by atoms with Gasteiger partial charge < -0.3 is 5.73 Å². The number of hydrogen-bond acceptors (Lipinski definition) is 2. The Morgan fingerprint density at radius 2 is 1.91 bits per heavy atom. The van der Waals surface area contributed by atoms with E-state index in [9.17, 15) is 13.2 Å². The van der Waals surface area contributed by atoms with E-state index in [-0.39, 0.29) is 18.0 Å².